The smallest absolute Gasteiger partial charge is 0.251 e. The molecular weight excluding hydrogens is 336 g/mol. The third-order valence-corrected chi connectivity index (χ3v) is 4.91. The van der Waals surface area contributed by atoms with E-state index in [-0.39, 0.29) is 24.4 Å². The topological polar surface area (TPSA) is 72.9 Å². The maximum Gasteiger partial charge on any atom is 0.251 e. The number of amides is 1. The molecule has 2 atom stereocenters. The molecule has 1 saturated carbocycles. The highest BCUT2D eigenvalue weighted by Gasteiger charge is 2.25. The Labute approximate surface area is 155 Å². The molecule has 1 aromatic carbocycles. The minimum absolute atomic E-state index is 0. The molecule has 0 aliphatic heterocycles. The maximum absolute atomic E-state index is 12.5. The summed E-state index contributed by atoms with van der Waals surface area (Å²) in [6, 6.07) is 9.84. The minimum Gasteiger partial charge on any atom is -0.349 e. The van der Waals surface area contributed by atoms with Crippen molar-refractivity contribution in [2.45, 2.75) is 45.6 Å². The van der Waals surface area contributed by atoms with Gasteiger partial charge in [-0.2, -0.15) is 5.10 Å². The van der Waals surface area contributed by atoms with Gasteiger partial charge in [-0.15, -0.1) is 12.4 Å². The van der Waals surface area contributed by atoms with Crippen LogP contribution in [0.4, 0.5) is 0 Å². The van der Waals surface area contributed by atoms with Crippen LogP contribution in [-0.2, 0) is 0 Å². The van der Waals surface area contributed by atoms with E-state index in [1.165, 1.54) is 6.42 Å². The quantitative estimate of drug-likeness (QED) is 0.877. The molecule has 3 N–H and O–H groups in total. The molecule has 1 fully saturated rings. The standard InChI is InChI=1S/C19H26N4O.ClH/c1-13-11-14(2)23(22-13)17-9-7-15(8-10-17)19(24)21-18-6-4-3-5-16(18)12-20;/h7-11,16,18H,3-6,12,20H2,1-2H3,(H,21,24);1H. The van der Waals surface area contributed by atoms with Crippen LogP contribution in [0.15, 0.2) is 30.3 Å². The first-order valence-corrected chi connectivity index (χ1v) is 8.73. The largest absolute Gasteiger partial charge is 0.349 e. The molecule has 3 rings (SSSR count). The number of halogens is 1. The second-order valence-electron chi connectivity index (χ2n) is 6.75. The lowest BCUT2D eigenvalue weighted by Crippen LogP contribution is -2.44. The number of carbonyl (C=O) groups is 1. The van der Waals surface area contributed by atoms with Gasteiger partial charge in [-0.1, -0.05) is 12.8 Å². The predicted molar refractivity (Wildman–Crippen MR) is 103 cm³/mol. The first-order chi connectivity index (χ1) is 11.6. The van der Waals surface area contributed by atoms with Crippen molar-refractivity contribution in [1.29, 1.82) is 0 Å². The summed E-state index contributed by atoms with van der Waals surface area (Å²) in [5.74, 6) is 0.386. The molecule has 0 saturated heterocycles. The van der Waals surface area contributed by atoms with Crippen LogP contribution in [0.3, 0.4) is 0 Å². The molecule has 1 aromatic heterocycles. The lowest BCUT2D eigenvalue weighted by Gasteiger charge is -2.31. The third kappa shape index (κ3) is 4.41. The number of aromatic nitrogens is 2. The molecular formula is C19H27ClN4O. The Bertz CT molecular complexity index is 711. The number of hydrogen-bond donors (Lipinski definition) is 2. The van der Waals surface area contributed by atoms with Crippen LogP contribution in [-0.4, -0.2) is 28.3 Å². The van der Waals surface area contributed by atoms with Crippen LogP contribution >= 0.6 is 12.4 Å². The van der Waals surface area contributed by atoms with E-state index in [9.17, 15) is 4.79 Å². The third-order valence-electron chi connectivity index (χ3n) is 4.91. The fourth-order valence-corrected chi connectivity index (χ4v) is 3.58. The van der Waals surface area contributed by atoms with Crippen molar-refractivity contribution in [2.75, 3.05) is 6.54 Å². The summed E-state index contributed by atoms with van der Waals surface area (Å²) in [5, 5.41) is 7.64. The van der Waals surface area contributed by atoms with Gasteiger partial charge in [0.25, 0.3) is 5.91 Å². The lowest BCUT2D eigenvalue weighted by molar-refractivity contribution is 0.0908. The van der Waals surface area contributed by atoms with Crippen LogP contribution in [0.5, 0.6) is 0 Å². The van der Waals surface area contributed by atoms with Gasteiger partial charge >= 0.3 is 0 Å². The van der Waals surface area contributed by atoms with Crippen molar-refractivity contribution < 1.29 is 4.79 Å². The second kappa shape index (κ2) is 8.50. The van der Waals surface area contributed by atoms with Gasteiger partial charge in [-0.25, -0.2) is 4.68 Å². The Morgan fingerprint density at radius 2 is 1.92 bits per heavy atom. The van der Waals surface area contributed by atoms with E-state index in [1.807, 2.05) is 48.9 Å². The number of nitrogens with two attached hydrogens (primary N) is 1. The van der Waals surface area contributed by atoms with Gasteiger partial charge in [0.2, 0.25) is 0 Å². The van der Waals surface area contributed by atoms with Gasteiger partial charge in [0, 0.05) is 17.3 Å². The highest BCUT2D eigenvalue weighted by atomic mass is 35.5. The Kier molecular flexibility index (Phi) is 6.62. The van der Waals surface area contributed by atoms with Crippen LogP contribution in [0.2, 0.25) is 0 Å². The number of aryl methyl sites for hydroxylation is 2. The molecule has 2 aromatic rings. The van der Waals surface area contributed by atoms with Crippen molar-refractivity contribution in [3.8, 4) is 5.69 Å². The van der Waals surface area contributed by atoms with E-state index in [0.29, 0.717) is 18.0 Å². The number of hydrogen-bond acceptors (Lipinski definition) is 3. The fraction of sp³-hybridized carbons (Fsp3) is 0.474. The SMILES string of the molecule is Cc1cc(C)n(-c2ccc(C(=O)NC3CCCCC3CN)cc2)n1.Cl. The molecule has 1 amide bonds. The Hall–Kier alpha value is -1.85. The molecule has 5 nitrogen and oxygen atoms in total. The highest BCUT2D eigenvalue weighted by Crippen LogP contribution is 2.24. The average Bonchev–Trinajstić information content (AvgIpc) is 2.94. The summed E-state index contributed by atoms with van der Waals surface area (Å²) < 4.78 is 1.89. The number of benzene rings is 1. The van der Waals surface area contributed by atoms with Gasteiger partial charge in [-0.05, 0) is 69.5 Å². The van der Waals surface area contributed by atoms with Gasteiger partial charge in [0.15, 0.2) is 0 Å². The van der Waals surface area contributed by atoms with Crippen LogP contribution in [0.1, 0.15) is 47.4 Å². The monoisotopic (exact) mass is 362 g/mol. The molecule has 25 heavy (non-hydrogen) atoms. The van der Waals surface area contributed by atoms with E-state index in [2.05, 4.69) is 10.4 Å². The molecule has 6 heteroatoms. The predicted octanol–water partition coefficient (Wildman–Crippen LogP) is 3.16. The summed E-state index contributed by atoms with van der Waals surface area (Å²) in [5.41, 5.74) is 9.56. The lowest BCUT2D eigenvalue weighted by atomic mass is 9.84. The Morgan fingerprint density at radius 3 is 2.52 bits per heavy atom. The van der Waals surface area contributed by atoms with E-state index in [1.54, 1.807) is 0 Å². The summed E-state index contributed by atoms with van der Waals surface area (Å²) >= 11 is 0. The first-order valence-electron chi connectivity index (χ1n) is 8.73. The summed E-state index contributed by atoms with van der Waals surface area (Å²) in [4.78, 5) is 12.5. The van der Waals surface area contributed by atoms with E-state index >= 15 is 0 Å². The number of carbonyl (C=O) groups excluding carboxylic acids is 1. The normalized spacial score (nSPS) is 20.0. The number of rotatable bonds is 4. The van der Waals surface area contributed by atoms with Gasteiger partial charge in [-0.3, -0.25) is 4.79 Å². The molecule has 1 aliphatic carbocycles. The second-order valence-corrected chi connectivity index (χ2v) is 6.75. The van der Waals surface area contributed by atoms with E-state index in [4.69, 9.17) is 5.73 Å². The van der Waals surface area contributed by atoms with Crippen molar-refractivity contribution >= 4 is 18.3 Å². The molecule has 0 spiro atoms. The summed E-state index contributed by atoms with van der Waals surface area (Å²) in [6.45, 7) is 4.64. The van der Waals surface area contributed by atoms with Crippen LogP contribution in [0, 0.1) is 19.8 Å². The number of nitrogens with zero attached hydrogens (tertiary/aromatic N) is 2. The first kappa shape index (κ1) is 19.5. The number of nitrogens with one attached hydrogen (secondary N) is 1. The molecule has 1 heterocycles. The van der Waals surface area contributed by atoms with Crippen molar-refractivity contribution in [3.63, 3.8) is 0 Å². The molecule has 0 radical (unpaired) electrons. The molecule has 1 aliphatic rings. The van der Waals surface area contributed by atoms with Crippen molar-refractivity contribution in [1.82, 2.24) is 15.1 Å². The van der Waals surface area contributed by atoms with Gasteiger partial charge in [0.1, 0.15) is 0 Å². The molecule has 0 bridgehead atoms. The zero-order valence-electron chi connectivity index (χ0n) is 14.9. The molecule has 136 valence electrons. The highest BCUT2D eigenvalue weighted by molar-refractivity contribution is 5.94. The fourth-order valence-electron chi connectivity index (χ4n) is 3.58. The van der Waals surface area contributed by atoms with Crippen LogP contribution < -0.4 is 11.1 Å². The summed E-state index contributed by atoms with van der Waals surface area (Å²) in [7, 11) is 0. The van der Waals surface area contributed by atoms with Crippen molar-refractivity contribution in [3.05, 3.63) is 47.3 Å². The van der Waals surface area contributed by atoms with Gasteiger partial charge < -0.3 is 11.1 Å². The summed E-state index contributed by atoms with van der Waals surface area (Å²) in [6.07, 6.45) is 4.51. The van der Waals surface area contributed by atoms with Gasteiger partial charge in [0.05, 0.1) is 11.4 Å². The Balaban J connectivity index is 0.00000225. The van der Waals surface area contributed by atoms with E-state index < -0.39 is 0 Å². The van der Waals surface area contributed by atoms with E-state index in [0.717, 1.165) is 36.3 Å². The zero-order chi connectivity index (χ0) is 17.1. The Morgan fingerprint density at radius 1 is 1.24 bits per heavy atom. The van der Waals surface area contributed by atoms with Crippen molar-refractivity contribution in [2.24, 2.45) is 11.7 Å². The average molecular weight is 363 g/mol. The molecule has 2 unspecified atom stereocenters. The van der Waals surface area contributed by atoms with Crippen LogP contribution in [0.25, 0.3) is 5.69 Å². The zero-order valence-corrected chi connectivity index (χ0v) is 15.7. The maximum atomic E-state index is 12.5. The minimum atomic E-state index is -0.0136.